The minimum atomic E-state index is -0.399. The highest BCUT2D eigenvalue weighted by Crippen LogP contribution is 2.26. The van der Waals surface area contributed by atoms with Gasteiger partial charge < -0.3 is 5.11 Å². The number of hydrogen-bond acceptors (Lipinski definition) is 2. The second-order valence-electron chi connectivity index (χ2n) is 5.08. The van der Waals surface area contributed by atoms with Gasteiger partial charge in [0.2, 0.25) is 0 Å². The first-order valence-corrected chi connectivity index (χ1v) is 7.51. The van der Waals surface area contributed by atoms with E-state index in [1.165, 1.54) is 11.3 Å². The van der Waals surface area contributed by atoms with Gasteiger partial charge in [0.05, 0.1) is 18.3 Å². The number of aromatic nitrogens is 2. The highest BCUT2D eigenvalue weighted by molar-refractivity contribution is 5.30. The molecule has 3 nitrogen and oxygen atoms in total. The normalized spacial score (nSPS) is 12.6. The van der Waals surface area contributed by atoms with Crippen LogP contribution in [0.2, 0.25) is 0 Å². The number of aryl methyl sites for hydroxylation is 1. The quantitative estimate of drug-likeness (QED) is 0.874. The molecule has 0 amide bonds. The molecule has 0 radical (unpaired) electrons. The van der Waals surface area contributed by atoms with Gasteiger partial charge in [-0.15, -0.1) is 0 Å². The Hall–Kier alpha value is -1.61. The lowest BCUT2D eigenvalue weighted by Gasteiger charge is -2.12. The second-order valence-corrected chi connectivity index (χ2v) is 5.08. The molecule has 1 aromatic carbocycles. The molecule has 0 aliphatic carbocycles. The maximum absolute atomic E-state index is 10.3. The fourth-order valence-corrected chi connectivity index (χ4v) is 2.68. The minimum Gasteiger partial charge on any atom is -0.388 e. The van der Waals surface area contributed by atoms with Crippen LogP contribution in [0.15, 0.2) is 30.3 Å². The van der Waals surface area contributed by atoms with Gasteiger partial charge in [-0.25, -0.2) is 0 Å². The Morgan fingerprint density at radius 1 is 1.10 bits per heavy atom. The zero-order chi connectivity index (χ0) is 14.5. The van der Waals surface area contributed by atoms with E-state index >= 15 is 0 Å². The molecule has 20 heavy (non-hydrogen) atoms. The number of benzene rings is 1. The van der Waals surface area contributed by atoms with Gasteiger partial charge in [0, 0.05) is 11.3 Å². The van der Waals surface area contributed by atoms with Crippen LogP contribution in [-0.4, -0.2) is 14.9 Å². The van der Waals surface area contributed by atoms with Crippen molar-refractivity contribution in [3.05, 3.63) is 52.8 Å². The summed E-state index contributed by atoms with van der Waals surface area (Å²) in [5, 5.41) is 15.0. The fourth-order valence-electron chi connectivity index (χ4n) is 2.68. The fraction of sp³-hybridized carbons (Fsp3) is 0.471. The molecule has 2 aromatic rings. The van der Waals surface area contributed by atoms with Crippen molar-refractivity contribution < 1.29 is 5.11 Å². The molecule has 0 bridgehead atoms. The third-order valence-electron chi connectivity index (χ3n) is 3.74. The molecule has 1 aromatic heterocycles. The van der Waals surface area contributed by atoms with Crippen LogP contribution in [0.4, 0.5) is 0 Å². The Morgan fingerprint density at radius 2 is 1.80 bits per heavy atom. The standard InChI is InChI=1S/C17H24N2O/c1-4-14-17(16(20)6-3)15(5-2)19(18-14)12-13-10-8-7-9-11-13/h7-11,16,20H,4-6,12H2,1-3H3. The van der Waals surface area contributed by atoms with Gasteiger partial charge >= 0.3 is 0 Å². The first kappa shape index (κ1) is 14.8. The average Bonchev–Trinajstić information content (AvgIpc) is 2.85. The van der Waals surface area contributed by atoms with E-state index in [1.807, 2.05) is 25.1 Å². The number of hydrogen-bond donors (Lipinski definition) is 1. The Balaban J connectivity index is 2.40. The predicted octanol–water partition coefficient (Wildman–Crippen LogP) is 3.50. The molecule has 108 valence electrons. The molecule has 0 aliphatic rings. The van der Waals surface area contributed by atoms with Crippen molar-refractivity contribution in [3.8, 4) is 0 Å². The van der Waals surface area contributed by atoms with E-state index in [1.54, 1.807) is 0 Å². The molecule has 1 heterocycles. The summed E-state index contributed by atoms with van der Waals surface area (Å²) < 4.78 is 2.06. The second kappa shape index (κ2) is 6.71. The van der Waals surface area contributed by atoms with Gasteiger partial charge in [-0.1, -0.05) is 51.1 Å². The Kier molecular flexibility index (Phi) is 4.96. The molecule has 2 rings (SSSR count). The Morgan fingerprint density at radius 3 is 2.35 bits per heavy atom. The molecule has 0 spiro atoms. The van der Waals surface area contributed by atoms with Gasteiger partial charge in [0.25, 0.3) is 0 Å². The van der Waals surface area contributed by atoms with E-state index in [4.69, 9.17) is 5.10 Å². The van der Waals surface area contributed by atoms with Gasteiger partial charge in [-0.3, -0.25) is 4.68 Å². The van der Waals surface area contributed by atoms with Crippen LogP contribution in [0, 0.1) is 0 Å². The zero-order valence-corrected chi connectivity index (χ0v) is 12.6. The summed E-state index contributed by atoms with van der Waals surface area (Å²) in [7, 11) is 0. The highest BCUT2D eigenvalue weighted by atomic mass is 16.3. The van der Waals surface area contributed by atoms with Gasteiger partial charge in [0.1, 0.15) is 0 Å². The first-order chi connectivity index (χ1) is 9.71. The third kappa shape index (κ3) is 2.93. The molecule has 0 fully saturated rings. The molecule has 3 heteroatoms. The van der Waals surface area contributed by atoms with Crippen molar-refractivity contribution in [1.82, 2.24) is 9.78 Å². The zero-order valence-electron chi connectivity index (χ0n) is 12.6. The van der Waals surface area contributed by atoms with E-state index < -0.39 is 6.10 Å². The minimum absolute atomic E-state index is 0.399. The number of aliphatic hydroxyl groups excluding tert-OH is 1. The smallest absolute Gasteiger partial charge is 0.0823 e. The van der Waals surface area contributed by atoms with Crippen molar-refractivity contribution in [2.24, 2.45) is 0 Å². The average molecular weight is 272 g/mol. The van der Waals surface area contributed by atoms with Crippen molar-refractivity contribution in [3.63, 3.8) is 0 Å². The van der Waals surface area contributed by atoms with Crippen molar-refractivity contribution in [2.75, 3.05) is 0 Å². The summed E-state index contributed by atoms with van der Waals surface area (Å²) in [4.78, 5) is 0. The molecule has 0 saturated heterocycles. The summed E-state index contributed by atoms with van der Waals surface area (Å²) in [6.07, 6.45) is 2.09. The lowest BCUT2D eigenvalue weighted by Crippen LogP contribution is -2.08. The molecular formula is C17H24N2O. The van der Waals surface area contributed by atoms with E-state index in [-0.39, 0.29) is 0 Å². The summed E-state index contributed by atoms with van der Waals surface area (Å²) in [5.41, 5.74) is 4.49. The lowest BCUT2D eigenvalue weighted by molar-refractivity contribution is 0.171. The van der Waals surface area contributed by atoms with Crippen LogP contribution in [0.25, 0.3) is 0 Å². The van der Waals surface area contributed by atoms with Crippen LogP contribution in [0.1, 0.15) is 55.8 Å². The van der Waals surface area contributed by atoms with Crippen LogP contribution < -0.4 is 0 Å². The topological polar surface area (TPSA) is 38.0 Å². The maximum atomic E-state index is 10.3. The molecule has 1 N–H and O–H groups in total. The number of nitrogens with zero attached hydrogens (tertiary/aromatic N) is 2. The molecule has 0 saturated carbocycles. The summed E-state index contributed by atoms with van der Waals surface area (Å²) in [6, 6.07) is 10.3. The number of aliphatic hydroxyl groups is 1. The van der Waals surface area contributed by atoms with E-state index in [0.717, 1.165) is 37.1 Å². The van der Waals surface area contributed by atoms with Gasteiger partial charge in [-0.05, 0) is 24.8 Å². The highest BCUT2D eigenvalue weighted by Gasteiger charge is 2.20. The SMILES string of the molecule is CCc1nn(Cc2ccccc2)c(CC)c1C(O)CC. The van der Waals surface area contributed by atoms with Crippen molar-refractivity contribution in [2.45, 2.75) is 52.7 Å². The Labute approximate surface area is 121 Å². The molecular weight excluding hydrogens is 248 g/mol. The molecule has 1 atom stereocenters. The maximum Gasteiger partial charge on any atom is 0.0823 e. The number of rotatable bonds is 6. The van der Waals surface area contributed by atoms with Gasteiger partial charge in [-0.2, -0.15) is 5.10 Å². The molecule has 1 unspecified atom stereocenters. The lowest BCUT2D eigenvalue weighted by atomic mass is 10.0. The predicted molar refractivity (Wildman–Crippen MR) is 81.8 cm³/mol. The van der Waals surface area contributed by atoms with Crippen molar-refractivity contribution in [1.29, 1.82) is 0 Å². The summed E-state index contributed by atoms with van der Waals surface area (Å²) in [6.45, 7) is 7.01. The monoisotopic (exact) mass is 272 g/mol. The van der Waals surface area contributed by atoms with E-state index in [9.17, 15) is 5.11 Å². The summed E-state index contributed by atoms with van der Waals surface area (Å²) in [5.74, 6) is 0. The van der Waals surface area contributed by atoms with Crippen LogP contribution >= 0.6 is 0 Å². The van der Waals surface area contributed by atoms with Crippen LogP contribution in [-0.2, 0) is 19.4 Å². The van der Waals surface area contributed by atoms with Crippen LogP contribution in [0.5, 0.6) is 0 Å². The van der Waals surface area contributed by atoms with Gasteiger partial charge in [0.15, 0.2) is 0 Å². The van der Waals surface area contributed by atoms with Crippen molar-refractivity contribution >= 4 is 0 Å². The third-order valence-corrected chi connectivity index (χ3v) is 3.74. The molecule has 0 aliphatic heterocycles. The Bertz CT molecular complexity index is 546. The summed E-state index contributed by atoms with van der Waals surface area (Å²) >= 11 is 0. The van der Waals surface area contributed by atoms with Crippen LogP contribution in [0.3, 0.4) is 0 Å². The first-order valence-electron chi connectivity index (χ1n) is 7.51. The van der Waals surface area contributed by atoms with E-state index in [2.05, 4.69) is 30.7 Å². The van der Waals surface area contributed by atoms with E-state index in [0.29, 0.717) is 0 Å². The largest absolute Gasteiger partial charge is 0.388 e.